The van der Waals surface area contributed by atoms with Gasteiger partial charge in [0, 0.05) is 12.6 Å². The van der Waals surface area contributed by atoms with Gasteiger partial charge in [0.15, 0.2) is 0 Å². The van der Waals surface area contributed by atoms with E-state index in [0.29, 0.717) is 11.3 Å². The molecule has 3 aromatic rings. The number of furan rings is 1. The number of amides is 2. The van der Waals surface area contributed by atoms with E-state index in [1.807, 2.05) is 48.5 Å². The van der Waals surface area contributed by atoms with Crippen LogP contribution in [0.5, 0.6) is 5.75 Å². The van der Waals surface area contributed by atoms with E-state index in [4.69, 9.17) is 9.15 Å². The summed E-state index contributed by atoms with van der Waals surface area (Å²) in [6.45, 7) is 0.289. The summed E-state index contributed by atoms with van der Waals surface area (Å²) in [5.41, 5.74) is 2.15. The third kappa shape index (κ3) is 3.49. The zero-order valence-corrected chi connectivity index (χ0v) is 16.3. The Morgan fingerprint density at radius 2 is 1.86 bits per heavy atom. The van der Waals surface area contributed by atoms with Crippen LogP contribution in [-0.2, 0) is 11.3 Å². The van der Waals surface area contributed by atoms with Crippen LogP contribution in [0.1, 0.15) is 39.2 Å². The van der Waals surface area contributed by atoms with E-state index in [9.17, 15) is 9.59 Å². The number of benzene rings is 2. The molecule has 0 fully saturated rings. The van der Waals surface area contributed by atoms with Crippen LogP contribution in [-0.4, -0.2) is 30.9 Å². The fraction of sp³-hybridized carbons (Fsp3) is 0.217. The number of hydrogen-bond acceptors (Lipinski definition) is 4. The molecule has 1 aliphatic heterocycles. The number of carbonyl (C=O) groups is 2. The van der Waals surface area contributed by atoms with Gasteiger partial charge in [0.05, 0.1) is 31.9 Å². The molecule has 0 aliphatic carbocycles. The van der Waals surface area contributed by atoms with Gasteiger partial charge in [0.1, 0.15) is 11.5 Å². The van der Waals surface area contributed by atoms with E-state index < -0.39 is 12.0 Å². The molecule has 148 valence electrons. The molecule has 2 amide bonds. The molecule has 2 atom stereocenters. The third-order valence-corrected chi connectivity index (χ3v) is 5.34. The molecule has 0 saturated carbocycles. The lowest BCUT2D eigenvalue weighted by molar-refractivity contribution is -0.124. The minimum atomic E-state index is -0.544. The summed E-state index contributed by atoms with van der Waals surface area (Å²) in [7, 11) is 3.34. The maximum Gasteiger partial charge on any atom is 0.254 e. The molecule has 2 heterocycles. The number of rotatable bonds is 5. The summed E-state index contributed by atoms with van der Waals surface area (Å²) in [5, 5.41) is 2.96. The van der Waals surface area contributed by atoms with Crippen LogP contribution in [0.25, 0.3) is 0 Å². The maximum absolute atomic E-state index is 13.3. The van der Waals surface area contributed by atoms with Gasteiger partial charge in [-0.25, -0.2) is 0 Å². The highest BCUT2D eigenvalue weighted by Crippen LogP contribution is 2.42. The van der Waals surface area contributed by atoms with Crippen LogP contribution in [0.2, 0.25) is 0 Å². The van der Waals surface area contributed by atoms with Crippen molar-refractivity contribution in [2.24, 2.45) is 0 Å². The highest BCUT2D eigenvalue weighted by molar-refractivity contribution is 6.01. The first-order valence-electron chi connectivity index (χ1n) is 9.40. The molecule has 0 radical (unpaired) electrons. The average Bonchev–Trinajstić information content (AvgIpc) is 3.28. The van der Waals surface area contributed by atoms with Crippen molar-refractivity contribution in [2.45, 2.75) is 18.5 Å². The molecule has 1 aliphatic rings. The largest absolute Gasteiger partial charge is 0.497 e. The van der Waals surface area contributed by atoms with E-state index in [1.165, 1.54) is 0 Å². The summed E-state index contributed by atoms with van der Waals surface area (Å²) < 4.78 is 10.6. The standard InChI is InChI=1S/C23H22N2O4/c1-25-21(15-9-11-16(28-2)12-10-15)20(18-7-3-4-8-19(18)23(25)27)22(26)24-14-17-6-5-13-29-17/h3-13,20-21H,14H2,1-2H3,(H,24,26)/t20-,21+/m0/s1. The zero-order chi connectivity index (χ0) is 20.4. The topological polar surface area (TPSA) is 71.8 Å². The lowest BCUT2D eigenvalue weighted by atomic mass is 9.79. The molecule has 29 heavy (non-hydrogen) atoms. The fourth-order valence-corrected chi connectivity index (χ4v) is 3.87. The number of carbonyl (C=O) groups excluding carboxylic acids is 2. The number of likely N-dealkylation sites (N-methyl/N-ethyl adjacent to an activating group) is 1. The van der Waals surface area contributed by atoms with Crippen LogP contribution < -0.4 is 10.1 Å². The molecule has 1 aromatic heterocycles. The molecule has 0 unspecified atom stereocenters. The van der Waals surface area contributed by atoms with Crippen molar-refractivity contribution in [3.8, 4) is 5.75 Å². The Labute approximate surface area is 169 Å². The second kappa shape index (κ2) is 7.83. The second-order valence-corrected chi connectivity index (χ2v) is 7.00. The Bertz CT molecular complexity index is 1010. The number of ether oxygens (including phenoxy) is 1. The molecule has 0 spiro atoms. The van der Waals surface area contributed by atoms with Crippen LogP contribution in [0.15, 0.2) is 71.3 Å². The van der Waals surface area contributed by atoms with Crippen LogP contribution in [0, 0.1) is 0 Å². The van der Waals surface area contributed by atoms with Gasteiger partial charge in [-0.2, -0.15) is 0 Å². The fourth-order valence-electron chi connectivity index (χ4n) is 3.87. The monoisotopic (exact) mass is 390 g/mol. The highest BCUT2D eigenvalue weighted by Gasteiger charge is 2.42. The van der Waals surface area contributed by atoms with E-state index in [2.05, 4.69) is 5.32 Å². The number of nitrogens with one attached hydrogen (secondary N) is 1. The normalized spacial score (nSPS) is 18.3. The molecule has 6 nitrogen and oxygen atoms in total. The average molecular weight is 390 g/mol. The number of fused-ring (bicyclic) bond motifs is 1. The SMILES string of the molecule is COc1ccc([C@@H]2[C@@H](C(=O)NCc3ccco3)c3ccccc3C(=O)N2C)cc1. The Hall–Kier alpha value is -3.54. The lowest BCUT2D eigenvalue weighted by Crippen LogP contribution is -2.45. The predicted octanol–water partition coefficient (Wildman–Crippen LogP) is 3.52. The van der Waals surface area contributed by atoms with Crippen molar-refractivity contribution in [2.75, 3.05) is 14.2 Å². The van der Waals surface area contributed by atoms with Gasteiger partial charge in [0.25, 0.3) is 5.91 Å². The lowest BCUT2D eigenvalue weighted by Gasteiger charge is -2.39. The van der Waals surface area contributed by atoms with Crippen molar-refractivity contribution >= 4 is 11.8 Å². The first-order valence-corrected chi connectivity index (χ1v) is 9.40. The summed E-state index contributed by atoms with van der Waals surface area (Å²) in [4.78, 5) is 27.9. The third-order valence-electron chi connectivity index (χ3n) is 5.34. The summed E-state index contributed by atoms with van der Waals surface area (Å²) in [5.74, 6) is 0.591. The maximum atomic E-state index is 13.3. The van der Waals surface area contributed by atoms with Crippen molar-refractivity contribution < 1.29 is 18.7 Å². The Balaban J connectivity index is 1.73. The Morgan fingerprint density at radius 1 is 1.10 bits per heavy atom. The second-order valence-electron chi connectivity index (χ2n) is 7.00. The molecular weight excluding hydrogens is 368 g/mol. The van der Waals surface area contributed by atoms with Crippen LogP contribution in [0.4, 0.5) is 0 Å². The summed E-state index contributed by atoms with van der Waals surface area (Å²) in [6.07, 6.45) is 1.57. The van der Waals surface area contributed by atoms with Crippen molar-refractivity contribution in [1.29, 1.82) is 0 Å². The zero-order valence-electron chi connectivity index (χ0n) is 16.3. The Morgan fingerprint density at radius 3 is 2.55 bits per heavy atom. The highest BCUT2D eigenvalue weighted by atomic mass is 16.5. The first-order chi connectivity index (χ1) is 14.1. The quantitative estimate of drug-likeness (QED) is 0.724. The first kappa shape index (κ1) is 18.8. The number of nitrogens with zero attached hydrogens (tertiary/aromatic N) is 1. The van der Waals surface area contributed by atoms with Gasteiger partial charge in [-0.15, -0.1) is 0 Å². The Kier molecular flexibility index (Phi) is 5.08. The number of hydrogen-bond donors (Lipinski definition) is 1. The minimum absolute atomic E-state index is 0.100. The molecule has 0 saturated heterocycles. The molecule has 4 rings (SSSR count). The number of methoxy groups -OCH3 is 1. The van der Waals surface area contributed by atoms with E-state index in [0.717, 1.165) is 16.9 Å². The van der Waals surface area contributed by atoms with Gasteiger partial charge in [0.2, 0.25) is 5.91 Å². The van der Waals surface area contributed by atoms with Gasteiger partial charge < -0.3 is 19.4 Å². The van der Waals surface area contributed by atoms with Crippen molar-refractivity contribution in [3.05, 3.63) is 89.4 Å². The van der Waals surface area contributed by atoms with Gasteiger partial charge in [-0.05, 0) is 41.5 Å². The van der Waals surface area contributed by atoms with Crippen molar-refractivity contribution in [3.63, 3.8) is 0 Å². The smallest absolute Gasteiger partial charge is 0.254 e. The van der Waals surface area contributed by atoms with E-state index >= 15 is 0 Å². The summed E-state index contributed by atoms with van der Waals surface area (Å²) >= 11 is 0. The van der Waals surface area contributed by atoms with Crippen molar-refractivity contribution in [1.82, 2.24) is 10.2 Å². The molecule has 6 heteroatoms. The molecule has 0 bridgehead atoms. The minimum Gasteiger partial charge on any atom is -0.497 e. The van der Waals surface area contributed by atoms with E-state index in [-0.39, 0.29) is 18.4 Å². The van der Waals surface area contributed by atoms with Crippen LogP contribution >= 0.6 is 0 Å². The van der Waals surface area contributed by atoms with Gasteiger partial charge in [-0.1, -0.05) is 30.3 Å². The van der Waals surface area contributed by atoms with E-state index in [1.54, 1.807) is 37.5 Å². The van der Waals surface area contributed by atoms with Crippen LogP contribution in [0.3, 0.4) is 0 Å². The predicted molar refractivity (Wildman–Crippen MR) is 108 cm³/mol. The van der Waals surface area contributed by atoms with Gasteiger partial charge >= 0.3 is 0 Å². The molecular formula is C23H22N2O4. The molecule has 2 aromatic carbocycles. The summed E-state index contributed by atoms with van der Waals surface area (Å²) in [6, 6.07) is 17.9. The van der Waals surface area contributed by atoms with Gasteiger partial charge in [-0.3, -0.25) is 9.59 Å². The molecule has 1 N–H and O–H groups in total.